The van der Waals surface area contributed by atoms with E-state index in [-0.39, 0.29) is 22.9 Å². The Labute approximate surface area is 139 Å². The van der Waals surface area contributed by atoms with Crippen LogP contribution in [-0.4, -0.2) is 37.4 Å². The number of carbonyl (C=O) groups excluding carboxylic acids is 1. The maximum Gasteiger partial charge on any atom is 0.248 e. The number of benzene rings is 1. The Balaban J connectivity index is 2.12. The lowest BCUT2D eigenvalue weighted by atomic mass is 10.2. The molecule has 0 fully saturated rings. The van der Waals surface area contributed by atoms with Gasteiger partial charge in [0.1, 0.15) is 10.6 Å². The number of nitrogens with one attached hydrogen (secondary N) is 1. The van der Waals surface area contributed by atoms with Crippen LogP contribution in [0.1, 0.15) is 17.0 Å². The Hall–Kier alpha value is -2.70. The first-order valence-electron chi connectivity index (χ1n) is 6.95. The van der Waals surface area contributed by atoms with Crippen molar-refractivity contribution in [3.63, 3.8) is 0 Å². The predicted molar refractivity (Wildman–Crippen MR) is 85.6 cm³/mol. The van der Waals surface area contributed by atoms with Crippen LogP contribution in [0.2, 0.25) is 0 Å². The van der Waals surface area contributed by atoms with Crippen LogP contribution in [0.4, 0.5) is 5.69 Å². The Bertz CT molecular complexity index is 892. The van der Waals surface area contributed by atoms with Gasteiger partial charge in [0.15, 0.2) is 5.76 Å². The highest BCUT2D eigenvalue weighted by atomic mass is 32.2. The lowest BCUT2D eigenvalue weighted by Crippen LogP contribution is -2.35. The minimum atomic E-state index is -3.89. The van der Waals surface area contributed by atoms with Gasteiger partial charge in [-0.2, -0.15) is 9.57 Å². The summed E-state index contributed by atoms with van der Waals surface area (Å²) in [6, 6.07) is 8.30. The second kappa shape index (κ2) is 6.82. The van der Waals surface area contributed by atoms with Crippen molar-refractivity contribution in [2.75, 3.05) is 18.9 Å². The molecule has 0 radical (unpaired) electrons. The quantitative estimate of drug-likeness (QED) is 0.873. The molecule has 1 aromatic carbocycles. The fraction of sp³-hybridized carbons (Fsp3) is 0.267. The van der Waals surface area contributed by atoms with Crippen LogP contribution in [0, 0.1) is 25.2 Å². The molecular weight excluding hydrogens is 332 g/mol. The number of likely N-dealkylation sites (N-methyl/N-ethyl adjacent to an activating group) is 1. The van der Waals surface area contributed by atoms with Crippen LogP contribution in [0.25, 0.3) is 0 Å². The summed E-state index contributed by atoms with van der Waals surface area (Å²) in [4.78, 5) is 12.0. The highest BCUT2D eigenvalue weighted by Gasteiger charge is 2.29. The molecule has 8 nitrogen and oxygen atoms in total. The number of hydrogen-bond donors (Lipinski definition) is 1. The van der Waals surface area contributed by atoms with Gasteiger partial charge in [-0.05, 0) is 32.0 Å². The third kappa shape index (κ3) is 3.61. The number of hydrogen-bond acceptors (Lipinski definition) is 6. The van der Waals surface area contributed by atoms with Crippen LogP contribution in [-0.2, 0) is 14.8 Å². The van der Waals surface area contributed by atoms with E-state index in [2.05, 4.69) is 10.5 Å². The summed E-state index contributed by atoms with van der Waals surface area (Å²) in [7, 11) is -2.60. The van der Waals surface area contributed by atoms with Gasteiger partial charge in [0.2, 0.25) is 15.9 Å². The maximum absolute atomic E-state index is 12.5. The number of amides is 1. The van der Waals surface area contributed by atoms with Gasteiger partial charge in [-0.15, -0.1) is 0 Å². The summed E-state index contributed by atoms with van der Waals surface area (Å²) in [5.74, 6) is -0.357. The molecule has 1 amide bonds. The molecule has 0 aliphatic rings. The Morgan fingerprint density at radius 3 is 2.71 bits per heavy atom. The summed E-state index contributed by atoms with van der Waals surface area (Å²) in [5.41, 5.74) is 1.05. The predicted octanol–water partition coefficient (Wildman–Crippen LogP) is 1.42. The van der Waals surface area contributed by atoms with Crippen molar-refractivity contribution in [3.05, 3.63) is 41.3 Å². The number of nitriles is 1. The first kappa shape index (κ1) is 17.7. The van der Waals surface area contributed by atoms with Crippen LogP contribution in [0.15, 0.2) is 33.7 Å². The molecule has 0 bridgehead atoms. The number of anilines is 1. The van der Waals surface area contributed by atoms with Crippen LogP contribution < -0.4 is 5.32 Å². The molecule has 1 aromatic heterocycles. The van der Waals surface area contributed by atoms with E-state index < -0.39 is 15.9 Å². The third-order valence-electron chi connectivity index (χ3n) is 3.28. The standard InChI is InChI=1S/C15H16N4O4S/c1-10-15(11(2)23-18-10)24(21,22)19(3)9-14(20)17-13-6-4-5-12(7-13)8-16/h4-7H,9H2,1-3H3,(H,17,20). The van der Waals surface area contributed by atoms with E-state index in [1.165, 1.54) is 27.0 Å². The monoisotopic (exact) mass is 348 g/mol. The third-order valence-corrected chi connectivity index (χ3v) is 5.33. The zero-order chi connectivity index (χ0) is 17.9. The zero-order valence-corrected chi connectivity index (χ0v) is 14.2. The smallest absolute Gasteiger partial charge is 0.248 e. The molecule has 2 rings (SSSR count). The molecule has 2 aromatic rings. The number of sulfonamides is 1. The number of carbonyl (C=O) groups is 1. The van der Waals surface area contributed by atoms with Crippen molar-refractivity contribution < 1.29 is 17.7 Å². The zero-order valence-electron chi connectivity index (χ0n) is 13.4. The number of nitrogens with zero attached hydrogens (tertiary/aromatic N) is 3. The van der Waals surface area contributed by atoms with Gasteiger partial charge in [0, 0.05) is 12.7 Å². The first-order valence-corrected chi connectivity index (χ1v) is 8.39. The molecule has 0 saturated heterocycles. The largest absolute Gasteiger partial charge is 0.360 e. The average Bonchev–Trinajstić information content (AvgIpc) is 2.86. The highest BCUT2D eigenvalue weighted by Crippen LogP contribution is 2.22. The van der Waals surface area contributed by atoms with E-state index in [0.717, 1.165) is 4.31 Å². The SMILES string of the molecule is Cc1noc(C)c1S(=O)(=O)N(C)CC(=O)Nc1cccc(C#N)c1. The fourth-order valence-corrected chi connectivity index (χ4v) is 3.56. The number of rotatable bonds is 5. The minimum Gasteiger partial charge on any atom is -0.360 e. The van der Waals surface area contributed by atoms with Crippen molar-refractivity contribution in [3.8, 4) is 6.07 Å². The summed E-state index contributed by atoms with van der Waals surface area (Å²) >= 11 is 0. The highest BCUT2D eigenvalue weighted by molar-refractivity contribution is 7.89. The fourth-order valence-electron chi connectivity index (χ4n) is 2.15. The normalized spacial score (nSPS) is 11.3. The number of aryl methyl sites for hydroxylation is 2. The molecule has 0 spiro atoms. The van der Waals surface area contributed by atoms with Crippen molar-refractivity contribution in [1.82, 2.24) is 9.46 Å². The van der Waals surface area contributed by atoms with E-state index in [4.69, 9.17) is 9.78 Å². The van der Waals surface area contributed by atoms with Crippen molar-refractivity contribution >= 4 is 21.6 Å². The van der Waals surface area contributed by atoms with Gasteiger partial charge in [-0.3, -0.25) is 4.79 Å². The Kier molecular flexibility index (Phi) is 5.02. The van der Waals surface area contributed by atoms with Gasteiger partial charge >= 0.3 is 0 Å². The van der Waals surface area contributed by atoms with Crippen LogP contribution >= 0.6 is 0 Å². The second-order valence-corrected chi connectivity index (χ2v) is 7.14. The van der Waals surface area contributed by atoms with E-state index in [9.17, 15) is 13.2 Å². The second-order valence-electron chi connectivity index (χ2n) is 5.16. The minimum absolute atomic E-state index is 0.0377. The summed E-state index contributed by atoms with van der Waals surface area (Å²) in [6.07, 6.45) is 0. The Morgan fingerprint density at radius 2 is 2.12 bits per heavy atom. The van der Waals surface area contributed by atoms with Crippen LogP contribution in [0.5, 0.6) is 0 Å². The average molecular weight is 348 g/mol. The molecule has 0 saturated carbocycles. The van der Waals surface area contributed by atoms with E-state index >= 15 is 0 Å². The summed E-state index contributed by atoms with van der Waals surface area (Å²) in [6.45, 7) is 2.63. The lowest BCUT2D eigenvalue weighted by molar-refractivity contribution is -0.116. The van der Waals surface area contributed by atoms with Crippen molar-refractivity contribution in [2.45, 2.75) is 18.7 Å². The molecule has 0 aliphatic carbocycles. The molecule has 9 heteroatoms. The molecule has 24 heavy (non-hydrogen) atoms. The molecule has 1 heterocycles. The molecule has 126 valence electrons. The summed E-state index contributed by atoms with van der Waals surface area (Å²) in [5, 5.41) is 15.0. The van der Waals surface area contributed by atoms with Gasteiger partial charge in [-0.25, -0.2) is 8.42 Å². The molecular formula is C15H16N4O4S. The maximum atomic E-state index is 12.5. The molecule has 0 aliphatic heterocycles. The lowest BCUT2D eigenvalue weighted by Gasteiger charge is -2.16. The van der Waals surface area contributed by atoms with Crippen LogP contribution in [0.3, 0.4) is 0 Å². The number of aromatic nitrogens is 1. The molecule has 0 unspecified atom stereocenters. The summed E-state index contributed by atoms with van der Waals surface area (Å²) < 4.78 is 30.8. The van der Waals surface area contributed by atoms with E-state index in [1.54, 1.807) is 18.2 Å². The Morgan fingerprint density at radius 1 is 1.42 bits per heavy atom. The van der Waals surface area contributed by atoms with Gasteiger partial charge in [0.25, 0.3) is 0 Å². The van der Waals surface area contributed by atoms with Gasteiger partial charge in [-0.1, -0.05) is 11.2 Å². The van der Waals surface area contributed by atoms with Crippen molar-refractivity contribution in [1.29, 1.82) is 5.26 Å². The first-order chi connectivity index (χ1) is 11.3. The topological polar surface area (TPSA) is 116 Å². The van der Waals surface area contributed by atoms with Crippen molar-refractivity contribution in [2.24, 2.45) is 0 Å². The van der Waals surface area contributed by atoms with Gasteiger partial charge < -0.3 is 9.84 Å². The molecule has 1 N–H and O–H groups in total. The van der Waals surface area contributed by atoms with E-state index in [1.807, 2.05) is 6.07 Å². The van der Waals surface area contributed by atoms with E-state index in [0.29, 0.717) is 11.3 Å². The molecule has 0 atom stereocenters. The van der Waals surface area contributed by atoms with Gasteiger partial charge in [0.05, 0.1) is 18.2 Å².